The quantitative estimate of drug-likeness (QED) is 0.360. The molecular formula is C22H36IN5. The van der Waals surface area contributed by atoms with E-state index in [2.05, 4.69) is 86.5 Å². The predicted molar refractivity (Wildman–Crippen MR) is 130 cm³/mol. The number of aliphatic imine (C=N–C) groups is 1. The zero-order chi connectivity index (χ0) is 20.2. The molecule has 2 rings (SSSR count). The van der Waals surface area contributed by atoms with Crippen molar-refractivity contribution < 1.29 is 0 Å². The molecule has 0 amide bonds. The third kappa shape index (κ3) is 5.96. The second-order valence-corrected chi connectivity index (χ2v) is 8.15. The van der Waals surface area contributed by atoms with E-state index in [0.29, 0.717) is 0 Å². The minimum Gasteiger partial charge on any atom is -0.356 e. The minimum absolute atomic E-state index is 0. The number of halogens is 1. The van der Waals surface area contributed by atoms with Gasteiger partial charge in [0.15, 0.2) is 5.96 Å². The van der Waals surface area contributed by atoms with E-state index in [1.165, 1.54) is 22.4 Å². The molecule has 1 aromatic carbocycles. The Hall–Kier alpha value is -1.57. The maximum absolute atomic E-state index is 4.52. The highest BCUT2D eigenvalue weighted by Gasteiger charge is 2.23. The molecule has 0 saturated heterocycles. The Morgan fingerprint density at radius 1 is 1.21 bits per heavy atom. The second-order valence-electron chi connectivity index (χ2n) is 8.15. The van der Waals surface area contributed by atoms with Gasteiger partial charge in [-0.25, -0.2) is 0 Å². The van der Waals surface area contributed by atoms with Crippen LogP contribution in [0, 0.1) is 20.8 Å². The first-order valence-electron chi connectivity index (χ1n) is 9.68. The molecule has 0 radical (unpaired) electrons. The van der Waals surface area contributed by atoms with Crippen molar-refractivity contribution >= 4 is 29.9 Å². The summed E-state index contributed by atoms with van der Waals surface area (Å²) in [5, 5.41) is 11.5. The average Bonchev–Trinajstić information content (AvgIpc) is 2.85. The van der Waals surface area contributed by atoms with Crippen molar-refractivity contribution in [1.82, 2.24) is 20.4 Å². The van der Waals surface area contributed by atoms with E-state index in [0.717, 1.165) is 24.6 Å². The van der Waals surface area contributed by atoms with Crippen LogP contribution in [0.1, 0.15) is 48.8 Å². The Morgan fingerprint density at radius 3 is 2.39 bits per heavy atom. The first-order valence-corrected chi connectivity index (χ1v) is 9.68. The Labute approximate surface area is 187 Å². The van der Waals surface area contributed by atoms with Crippen LogP contribution in [0.15, 0.2) is 29.3 Å². The summed E-state index contributed by atoms with van der Waals surface area (Å²) in [7, 11) is 3.82. The smallest absolute Gasteiger partial charge is 0.191 e. The number of hydrogen-bond donors (Lipinski definition) is 2. The lowest BCUT2D eigenvalue weighted by molar-refractivity contribution is 0.502. The molecule has 1 unspecified atom stereocenters. The van der Waals surface area contributed by atoms with Gasteiger partial charge < -0.3 is 10.6 Å². The van der Waals surface area contributed by atoms with Crippen molar-refractivity contribution in [2.75, 3.05) is 13.6 Å². The molecule has 156 valence electrons. The number of nitrogens with one attached hydrogen (secondary N) is 2. The predicted octanol–water partition coefficient (Wildman–Crippen LogP) is 4.04. The number of nitrogens with zero attached hydrogens (tertiary/aromatic N) is 3. The highest BCUT2D eigenvalue weighted by atomic mass is 127. The fourth-order valence-electron chi connectivity index (χ4n) is 3.63. The lowest BCUT2D eigenvalue weighted by Gasteiger charge is -2.29. The summed E-state index contributed by atoms with van der Waals surface area (Å²) in [4.78, 5) is 4.41. The van der Waals surface area contributed by atoms with Gasteiger partial charge in [0.05, 0.1) is 5.69 Å². The molecule has 0 spiro atoms. The Balaban J connectivity index is 0.00000392. The van der Waals surface area contributed by atoms with Crippen LogP contribution in [0.3, 0.4) is 0 Å². The lowest BCUT2D eigenvalue weighted by Crippen LogP contribution is -2.47. The first kappa shape index (κ1) is 24.5. The Kier molecular flexibility index (Phi) is 8.98. The van der Waals surface area contributed by atoms with Crippen molar-refractivity contribution in [3.05, 3.63) is 52.3 Å². The Morgan fingerprint density at radius 2 is 1.86 bits per heavy atom. The molecule has 0 aliphatic carbocycles. The molecule has 1 aromatic heterocycles. The summed E-state index contributed by atoms with van der Waals surface area (Å²) in [5.74, 6) is 0.836. The highest BCUT2D eigenvalue weighted by Crippen LogP contribution is 2.25. The van der Waals surface area contributed by atoms with Crippen molar-refractivity contribution in [1.29, 1.82) is 0 Å². The fourth-order valence-corrected chi connectivity index (χ4v) is 3.63. The Bertz CT molecular complexity index is 807. The van der Waals surface area contributed by atoms with Gasteiger partial charge in [0.1, 0.15) is 0 Å². The van der Waals surface area contributed by atoms with Gasteiger partial charge in [-0.15, -0.1) is 24.0 Å². The molecule has 1 atom stereocenters. The molecule has 0 saturated carbocycles. The van der Waals surface area contributed by atoms with Crippen LogP contribution in [-0.2, 0) is 18.9 Å². The molecule has 0 aliphatic rings. The summed E-state index contributed by atoms with van der Waals surface area (Å²) < 4.78 is 1.95. The van der Waals surface area contributed by atoms with Gasteiger partial charge >= 0.3 is 0 Å². The summed E-state index contributed by atoms with van der Waals surface area (Å²) in [6, 6.07) is 8.85. The molecule has 0 aliphatic heterocycles. The van der Waals surface area contributed by atoms with Crippen molar-refractivity contribution in [2.24, 2.45) is 12.0 Å². The normalized spacial score (nSPS) is 13.1. The summed E-state index contributed by atoms with van der Waals surface area (Å²) >= 11 is 0. The summed E-state index contributed by atoms with van der Waals surface area (Å²) in [5.41, 5.74) is 6.35. The monoisotopic (exact) mass is 497 g/mol. The molecule has 2 aromatic rings. The van der Waals surface area contributed by atoms with Gasteiger partial charge in [0.2, 0.25) is 0 Å². The number of guanidine groups is 1. The number of aromatic nitrogens is 2. The van der Waals surface area contributed by atoms with E-state index in [9.17, 15) is 0 Å². The third-order valence-electron chi connectivity index (χ3n) is 5.35. The van der Waals surface area contributed by atoms with Gasteiger partial charge in [-0.05, 0) is 50.8 Å². The van der Waals surface area contributed by atoms with E-state index >= 15 is 0 Å². The molecule has 5 nitrogen and oxygen atoms in total. The largest absolute Gasteiger partial charge is 0.356 e. The minimum atomic E-state index is 0. The molecule has 28 heavy (non-hydrogen) atoms. The molecule has 2 N–H and O–H groups in total. The topological polar surface area (TPSA) is 54.2 Å². The van der Waals surface area contributed by atoms with Crippen LogP contribution in [0.4, 0.5) is 0 Å². The second kappa shape index (κ2) is 10.3. The number of hydrogen-bond acceptors (Lipinski definition) is 2. The molecule has 0 bridgehead atoms. The summed E-state index contributed by atoms with van der Waals surface area (Å²) in [6.45, 7) is 13.9. The van der Waals surface area contributed by atoms with Gasteiger partial charge in [0, 0.05) is 37.8 Å². The molecule has 0 fully saturated rings. The van der Waals surface area contributed by atoms with Crippen LogP contribution in [0.2, 0.25) is 0 Å². The van der Waals surface area contributed by atoms with E-state index in [1.807, 2.05) is 18.8 Å². The fraction of sp³-hybridized carbons (Fsp3) is 0.545. The summed E-state index contributed by atoms with van der Waals surface area (Å²) in [6.07, 6.45) is 0.924. The van der Waals surface area contributed by atoms with Gasteiger partial charge in [-0.2, -0.15) is 5.10 Å². The number of rotatable bonds is 6. The maximum Gasteiger partial charge on any atom is 0.191 e. The van der Waals surface area contributed by atoms with Crippen LogP contribution < -0.4 is 10.6 Å². The van der Waals surface area contributed by atoms with Gasteiger partial charge in [-0.3, -0.25) is 9.67 Å². The standard InChI is InChI=1S/C22H35N5.HI/c1-15-11-9-10-12-20(15)22(5,6)14-24-21(23-7)25-16(2)13-19-17(3)26-27(8)18(19)4;/h9-12,16H,13-14H2,1-8H3,(H2,23,24,25);1H. The van der Waals surface area contributed by atoms with Gasteiger partial charge in [-0.1, -0.05) is 38.1 Å². The lowest BCUT2D eigenvalue weighted by atomic mass is 9.82. The zero-order valence-electron chi connectivity index (χ0n) is 18.6. The molecule has 6 heteroatoms. The third-order valence-corrected chi connectivity index (χ3v) is 5.35. The van der Waals surface area contributed by atoms with Crippen LogP contribution in [0.25, 0.3) is 0 Å². The average molecular weight is 497 g/mol. The first-order chi connectivity index (χ1) is 12.7. The zero-order valence-corrected chi connectivity index (χ0v) is 20.9. The molecule has 1 heterocycles. The van der Waals surface area contributed by atoms with E-state index in [4.69, 9.17) is 0 Å². The van der Waals surface area contributed by atoms with Crippen LogP contribution in [0.5, 0.6) is 0 Å². The number of aryl methyl sites for hydroxylation is 3. The van der Waals surface area contributed by atoms with E-state index < -0.39 is 0 Å². The highest BCUT2D eigenvalue weighted by molar-refractivity contribution is 14.0. The van der Waals surface area contributed by atoms with Crippen molar-refractivity contribution in [2.45, 2.75) is 59.4 Å². The van der Waals surface area contributed by atoms with Gasteiger partial charge in [0.25, 0.3) is 0 Å². The van der Waals surface area contributed by atoms with E-state index in [-0.39, 0.29) is 35.4 Å². The van der Waals surface area contributed by atoms with Crippen molar-refractivity contribution in [3.63, 3.8) is 0 Å². The van der Waals surface area contributed by atoms with Crippen LogP contribution in [-0.4, -0.2) is 35.4 Å². The number of benzene rings is 1. The SMILES string of the molecule is CN=C(NCC(C)(C)c1ccccc1C)NC(C)Cc1c(C)nn(C)c1C.I. The van der Waals surface area contributed by atoms with Crippen LogP contribution >= 0.6 is 24.0 Å². The maximum atomic E-state index is 4.52. The van der Waals surface area contributed by atoms with E-state index in [1.54, 1.807) is 0 Å². The van der Waals surface area contributed by atoms with Crippen molar-refractivity contribution in [3.8, 4) is 0 Å². The molecular weight excluding hydrogens is 461 g/mol.